The summed E-state index contributed by atoms with van der Waals surface area (Å²) in [6, 6.07) is 16.4. The lowest BCUT2D eigenvalue weighted by molar-refractivity contribution is 0.0706. The van der Waals surface area contributed by atoms with Gasteiger partial charge in [-0.15, -0.1) is 0 Å². The Kier molecular flexibility index (Phi) is 5.04. The molecule has 134 valence electrons. The highest BCUT2D eigenvalue weighted by Crippen LogP contribution is 2.21. The molecule has 0 unspecified atom stereocenters. The first-order valence-electron chi connectivity index (χ1n) is 8.45. The number of amides is 2. The number of para-hydroxylation sites is 1. The van der Waals surface area contributed by atoms with Crippen LogP contribution in [0.2, 0.25) is 0 Å². The van der Waals surface area contributed by atoms with Crippen molar-refractivity contribution in [3.8, 4) is 0 Å². The molecule has 0 saturated carbocycles. The van der Waals surface area contributed by atoms with E-state index in [1.165, 1.54) is 0 Å². The van der Waals surface area contributed by atoms with Crippen molar-refractivity contribution in [1.29, 1.82) is 0 Å². The van der Waals surface area contributed by atoms with E-state index >= 15 is 0 Å². The minimum atomic E-state index is -0.566. The summed E-state index contributed by atoms with van der Waals surface area (Å²) in [5, 5.41) is 12.8. The Hall–Kier alpha value is -3.12. The molecule has 1 atom stereocenters. The number of nitrogens with one attached hydrogen (secondary N) is 2. The Balaban J connectivity index is 1.81. The summed E-state index contributed by atoms with van der Waals surface area (Å²) in [7, 11) is 1.88. The van der Waals surface area contributed by atoms with Crippen LogP contribution in [0.15, 0.2) is 54.6 Å². The van der Waals surface area contributed by atoms with Crippen LogP contribution in [0.3, 0.4) is 0 Å². The van der Waals surface area contributed by atoms with Gasteiger partial charge in [-0.25, -0.2) is 5.48 Å². The van der Waals surface area contributed by atoms with Crippen LogP contribution in [0.5, 0.6) is 0 Å². The zero-order valence-electron chi connectivity index (χ0n) is 14.7. The van der Waals surface area contributed by atoms with E-state index in [9.17, 15) is 9.59 Å². The molecule has 6 heteroatoms. The number of fused-ring (bicyclic) bond motifs is 1. The highest BCUT2D eigenvalue weighted by molar-refractivity contribution is 5.99. The summed E-state index contributed by atoms with van der Waals surface area (Å²) in [6.45, 7) is 1.99. The summed E-state index contributed by atoms with van der Waals surface area (Å²) in [6.07, 6.45) is 0.710. The van der Waals surface area contributed by atoms with E-state index < -0.39 is 5.91 Å². The Bertz CT molecular complexity index is 945. The molecule has 2 aromatic carbocycles. The molecule has 0 aliphatic rings. The summed E-state index contributed by atoms with van der Waals surface area (Å²) < 4.78 is 1.88. The van der Waals surface area contributed by atoms with Crippen LogP contribution in [0.1, 0.15) is 45.8 Å². The number of aromatic nitrogens is 1. The molecule has 6 nitrogen and oxygen atoms in total. The maximum atomic E-state index is 12.8. The molecule has 0 radical (unpaired) electrons. The standard InChI is InChI=1S/C20H21N3O3/c1-3-16(13-8-10-14(11-9-13)19(24)22-26)21-20(25)18-12-15-6-4-5-7-17(15)23(18)2/h4-12,16,26H,3H2,1-2H3,(H,21,25)(H,22,24)/t16-/m0/s1. The molecule has 0 aliphatic carbocycles. The zero-order valence-corrected chi connectivity index (χ0v) is 14.7. The second-order valence-electron chi connectivity index (χ2n) is 6.14. The lowest BCUT2D eigenvalue weighted by Crippen LogP contribution is -2.29. The van der Waals surface area contributed by atoms with Gasteiger partial charge in [0.2, 0.25) is 0 Å². The second kappa shape index (κ2) is 7.41. The Morgan fingerprint density at radius 2 is 1.77 bits per heavy atom. The van der Waals surface area contributed by atoms with Crippen molar-refractivity contribution in [1.82, 2.24) is 15.4 Å². The van der Waals surface area contributed by atoms with Crippen LogP contribution < -0.4 is 10.8 Å². The van der Waals surface area contributed by atoms with Gasteiger partial charge in [-0.3, -0.25) is 14.8 Å². The van der Waals surface area contributed by atoms with Crippen molar-refractivity contribution in [3.05, 3.63) is 71.4 Å². The van der Waals surface area contributed by atoms with Crippen molar-refractivity contribution in [2.24, 2.45) is 7.05 Å². The van der Waals surface area contributed by atoms with Crippen molar-refractivity contribution in [2.75, 3.05) is 0 Å². The van der Waals surface area contributed by atoms with Gasteiger partial charge < -0.3 is 9.88 Å². The average molecular weight is 351 g/mol. The van der Waals surface area contributed by atoms with E-state index in [4.69, 9.17) is 5.21 Å². The predicted molar refractivity (Wildman–Crippen MR) is 99.1 cm³/mol. The number of aryl methyl sites for hydroxylation is 1. The minimum absolute atomic E-state index is 0.146. The molecule has 2 amide bonds. The van der Waals surface area contributed by atoms with Crippen LogP contribution in [-0.2, 0) is 7.05 Å². The molecule has 3 rings (SSSR count). The van der Waals surface area contributed by atoms with Crippen molar-refractivity contribution >= 4 is 22.7 Å². The third-order valence-electron chi connectivity index (χ3n) is 4.57. The van der Waals surface area contributed by atoms with Crippen molar-refractivity contribution in [2.45, 2.75) is 19.4 Å². The van der Waals surface area contributed by atoms with Gasteiger partial charge in [-0.1, -0.05) is 37.3 Å². The number of hydrogen-bond acceptors (Lipinski definition) is 3. The van der Waals surface area contributed by atoms with Gasteiger partial charge in [-0.2, -0.15) is 0 Å². The van der Waals surface area contributed by atoms with E-state index in [-0.39, 0.29) is 11.9 Å². The van der Waals surface area contributed by atoms with Gasteiger partial charge in [0, 0.05) is 23.5 Å². The fourth-order valence-electron chi connectivity index (χ4n) is 3.09. The van der Waals surface area contributed by atoms with Gasteiger partial charge in [0.05, 0.1) is 6.04 Å². The maximum absolute atomic E-state index is 12.8. The smallest absolute Gasteiger partial charge is 0.274 e. The lowest BCUT2D eigenvalue weighted by atomic mass is 10.0. The number of benzene rings is 2. The molecular weight excluding hydrogens is 330 g/mol. The Morgan fingerprint density at radius 3 is 2.38 bits per heavy atom. The quantitative estimate of drug-likeness (QED) is 0.488. The summed E-state index contributed by atoms with van der Waals surface area (Å²) >= 11 is 0. The molecule has 26 heavy (non-hydrogen) atoms. The molecular formula is C20H21N3O3. The van der Waals surface area contributed by atoms with E-state index in [0.717, 1.165) is 16.5 Å². The van der Waals surface area contributed by atoms with Crippen LogP contribution in [0, 0.1) is 0 Å². The average Bonchev–Trinajstić information content (AvgIpc) is 3.02. The van der Waals surface area contributed by atoms with Gasteiger partial charge in [-0.05, 0) is 36.2 Å². The highest BCUT2D eigenvalue weighted by atomic mass is 16.5. The van der Waals surface area contributed by atoms with Crippen LogP contribution >= 0.6 is 0 Å². The normalized spacial score (nSPS) is 12.0. The van der Waals surface area contributed by atoms with E-state index in [1.807, 2.05) is 48.9 Å². The number of carbonyl (C=O) groups is 2. The highest BCUT2D eigenvalue weighted by Gasteiger charge is 2.18. The fraction of sp³-hybridized carbons (Fsp3) is 0.200. The second-order valence-corrected chi connectivity index (χ2v) is 6.14. The van der Waals surface area contributed by atoms with Crippen LogP contribution in [0.25, 0.3) is 10.9 Å². The predicted octanol–water partition coefficient (Wildman–Crippen LogP) is 3.18. The number of nitrogens with zero attached hydrogens (tertiary/aromatic N) is 1. The number of hydrogen-bond donors (Lipinski definition) is 3. The van der Waals surface area contributed by atoms with Gasteiger partial charge in [0.1, 0.15) is 5.69 Å². The third kappa shape index (κ3) is 3.32. The minimum Gasteiger partial charge on any atom is -0.344 e. The first-order valence-corrected chi connectivity index (χ1v) is 8.45. The van der Waals surface area contributed by atoms with E-state index in [2.05, 4.69) is 5.32 Å². The summed E-state index contributed by atoms with van der Waals surface area (Å²) in [5.41, 5.74) is 4.46. The van der Waals surface area contributed by atoms with Gasteiger partial charge >= 0.3 is 0 Å². The largest absolute Gasteiger partial charge is 0.344 e. The first-order chi connectivity index (χ1) is 12.5. The number of rotatable bonds is 5. The fourth-order valence-corrected chi connectivity index (χ4v) is 3.09. The topological polar surface area (TPSA) is 83.4 Å². The third-order valence-corrected chi connectivity index (χ3v) is 4.57. The SMILES string of the molecule is CC[C@H](NC(=O)c1cc2ccccc2n1C)c1ccc(C(=O)NO)cc1. The van der Waals surface area contributed by atoms with Crippen LogP contribution in [-0.4, -0.2) is 21.6 Å². The molecule has 3 aromatic rings. The lowest BCUT2D eigenvalue weighted by Gasteiger charge is -2.18. The molecule has 1 heterocycles. The molecule has 0 fully saturated rings. The maximum Gasteiger partial charge on any atom is 0.274 e. The van der Waals surface area contributed by atoms with E-state index in [1.54, 1.807) is 29.7 Å². The number of carbonyl (C=O) groups excluding carboxylic acids is 2. The van der Waals surface area contributed by atoms with Crippen molar-refractivity contribution in [3.63, 3.8) is 0 Å². The zero-order chi connectivity index (χ0) is 18.7. The number of hydroxylamine groups is 1. The molecule has 0 aliphatic heterocycles. The molecule has 0 saturated heterocycles. The summed E-state index contributed by atoms with van der Waals surface area (Å²) in [4.78, 5) is 24.2. The Morgan fingerprint density at radius 1 is 1.08 bits per heavy atom. The van der Waals surface area contributed by atoms with Gasteiger partial charge in [0.25, 0.3) is 11.8 Å². The van der Waals surface area contributed by atoms with Crippen LogP contribution in [0.4, 0.5) is 0 Å². The van der Waals surface area contributed by atoms with Crippen molar-refractivity contribution < 1.29 is 14.8 Å². The first kappa shape index (κ1) is 17.7. The van der Waals surface area contributed by atoms with Gasteiger partial charge in [0.15, 0.2) is 0 Å². The van der Waals surface area contributed by atoms with E-state index in [0.29, 0.717) is 17.7 Å². The molecule has 0 spiro atoms. The molecule has 3 N–H and O–H groups in total. The summed E-state index contributed by atoms with van der Waals surface area (Å²) in [5.74, 6) is -0.711. The Labute approximate surface area is 151 Å². The molecule has 0 bridgehead atoms. The molecule has 1 aromatic heterocycles. The monoisotopic (exact) mass is 351 g/mol.